The molecule has 0 saturated heterocycles. The Kier molecular flexibility index (Phi) is 8.42. The second-order valence-electron chi connectivity index (χ2n) is 11.7. The molecule has 2 heterocycles. The van der Waals surface area contributed by atoms with Gasteiger partial charge in [-0.3, -0.25) is 14.5 Å². The monoisotopic (exact) mass is 746 g/mol. The molecule has 0 aliphatic carbocycles. The summed E-state index contributed by atoms with van der Waals surface area (Å²) in [7, 11) is -9.44. The molecule has 0 spiro atoms. The van der Waals surface area contributed by atoms with Crippen LogP contribution in [0.3, 0.4) is 0 Å². The number of imide groups is 1. The molecule has 0 atom stereocenters. The van der Waals surface area contributed by atoms with Gasteiger partial charge >= 0.3 is 15.6 Å². The van der Waals surface area contributed by atoms with Gasteiger partial charge in [0.25, 0.3) is 21.8 Å². The smallest absolute Gasteiger partial charge is 0.489 e. The predicted octanol–water partition coefficient (Wildman–Crippen LogP) is 6.75. The Morgan fingerprint density at radius 3 is 1.90 bits per heavy atom. The van der Waals surface area contributed by atoms with E-state index in [4.69, 9.17) is 4.74 Å². The minimum atomic E-state index is -6.25. The number of likely N-dealkylation sites (N-methyl/N-ethyl adjacent to an activating group) is 1. The van der Waals surface area contributed by atoms with E-state index < -0.39 is 59.9 Å². The van der Waals surface area contributed by atoms with Crippen LogP contribution >= 0.6 is 0 Å². The fourth-order valence-electron chi connectivity index (χ4n) is 5.90. The lowest BCUT2D eigenvalue weighted by Gasteiger charge is -2.15. The van der Waals surface area contributed by atoms with E-state index in [0.29, 0.717) is 10.3 Å². The lowest BCUT2D eigenvalue weighted by molar-refractivity contribution is -0.134. The summed E-state index contributed by atoms with van der Waals surface area (Å²) in [6.07, 6.45) is 1.14. The third kappa shape index (κ3) is 5.96. The molecule has 2 amide bonds. The summed E-state index contributed by atoms with van der Waals surface area (Å²) in [6, 6.07) is 29.6. The third-order valence-electron chi connectivity index (χ3n) is 8.45. The molecule has 0 unspecified atom stereocenters. The van der Waals surface area contributed by atoms with Crippen molar-refractivity contribution in [3.63, 3.8) is 0 Å². The average Bonchev–Trinajstić information content (AvgIpc) is 3.61. The topological polar surface area (TPSA) is 129 Å². The van der Waals surface area contributed by atoms with E-state index in [-0.39, 0.29) is 39.1 Å². The second kappa shape index (κ2) is 12.7. The summed E-state index contributed by atoms with van der Waals surface area (Å²) >= 11 is 0. The molecule has 0 N–H and O–H groups in total. The van der Waals surface area contributed by atoms with E-state index >= 15 is 0 Å². The molecular weight excluding hydrogens is 722 g/mol. The van der Waals surface area contributed by atoms with Crippen LogP contribution in [0, 0.1) is 0 Å². The van der Waals surface area contributed by atoms with Crippen LogP contribution < -0.4 is 8.92 Å². The number of amides is 2. The van der Waals surface area contributed by atoms with Gasteiger partial charge < -0.3 is 8.92 Å². The van der Waals surface area contributed by atoms with Gasteiger partial charge in [0, 0.05) is 29.8 Å². The summed E-state index contributed by atoms with van der Waals surface area (Å²) in [5, 5.41) is 0.790. The lowest BCUT2D eigenvalue weighted by Crippen LogP contribution is -2.29. The predicted molar refractivity (Wildman–Crippen MR) is 186 cm³/mol. The molecule has 5 aromatic carbocycles. The maximum absolute atomic E-state index is 14.0. The number of benzene rings is 5. The van der Waals surface area contributed by atoms with E-state index in [1.54, 1.807) is 24.3 Å². The van der Waals surface area contributed by atoms with Crippen molar-refractivity contribution < 1.29 is 48.5 Å². The number of hydrogen-bond acceptors (Lipinski definition) is 8. The fraction of sp³-hybridized carbons (Fsp3) is 0.0811. The van der Waals surface area contributed by atoms with Gasteiger partial charge in [-0.2, -0.15) is 21.6 Å². The van der Waals surface area contributed by atoms with Gasteiger partial charge in [0.1, 0.15) is 12.4 Å². The first-order chi connectivity index (χ1) is 24.7. The van der Waals surface area contributed by atoms with Crippen LogP contribution in [-0.4, -0.2) is 50.1 Å². The zero-order valence-corrected chi connectivity index (χ0v) is 28.5. The molecule has 0 fully saturated rings. The summed E-state index contributed by atoms with van der Waals surface area (Å²) in [5.74, 6) is -2.52. The van der Waals surface area contributed by atoms with Gasteiger partial charge in [0.2, 0.25) is 0 Å². The highest BCUT2D eigenvalue weighted by atomic mass is 32.2. The summed E-state index contributed by atoms with van der Waals surface area (Å²) in [5.41, 5.74) is -6.34. The zero-order chi connectivity index (χ0) is 37.0. The highest BCUT2D eigenvalue weighted by Gasteiger charge is 2.49. The highest BCUT2D eigenvalue weighted by Crippen LogP contribution is 2.44. The van der Waals surface area contributed by atoms with Crippen LogP contribution in [0.15, 0.2) is 126 Å². The number of fused-ring (bicyclic) bond motifs is 2. The number of halogens is 3. The van der Waals surface area contributed by atoms with Gasteiger partial charge in [-0.15, -0.1) is 0 Å². The molecule has 1 aliphatic rings. The van der Waals surface area contributed by atoms with Crippen molar-refractivity contribution in [3.8, 4) is 11.5 Å². The summed E-state index contributed by atoms with van der Waals surface area (Å²) in [4.78, 5) is 28.5. The standard InChI is InChI=1S/C37H25F3N2O8S2/c1-41-35(43)33(29-18-24-12-8-9-13-25(24)19-32(29)50-52(47,48)37(38,39)40)34(36(41)44)30-21-42(51(45,46)27-14-6-3-7-15-27)31-17-16-26(20-28(30)31)49-22-23-10-4-2-5-11-23/h2-21H,22H2,1H3. The lowest BCUT2D eigenvalue weighted by atomic mass is 9.93. The molecule has 1 aliphatic heterocycles. The molecule has 0 radical (unpaired) electrons. The number of ether oxygens (including phenoxy) is 1. The number of rotatable bonds is 9. The van der Waals surface area contributed by atoms with Crippen molar-refractivity contribution in [3.05, 3.63) is 138 Å². The van der Waals surface area contributed by atoms with E-state index in [1.165, 1.54) is 54.6 Å². The number of carbonyl (C=O) groups excluding carboxylic acids is 2. The Morgan fingerprint density at radius 1 is 0.692 bits per heavy atom. The van der Waals surface area contributed by atoms with E-state index in [2.05, 4.69) is 4.18 Å². The summed E-state index contributed by atoms with van der Waals surface area (Å²) < 4.78 is 105. The Bertz CT molecular complexity index is 2670. The molecule has 0 bridgehead atoms. The molecule has 7 rings (SSSR count). The van der Waals surface area contributed by atoms with Gasteiger partial charge in [0.05, 0.1) is 21.6 Å². The zero-order valence-electron chi connectivity index (χ0n) is 26.9. The number of nitrogens with zero attached hydrogens (tertiary/aromatic N) is 2. The first-order valence-electron chi connectivity index (χ1n) is 15.4. The van der Waals surface area contributed by atoms with Gasteiger partial charge in [0.15, 0.2) is 5.75 Å². The van der Waals surface area contributed by atoms with Crippen LogP contribution in [0.1, 0.15) is 16.7 Å². The van der Waals surface area contributed by atoms with Crippen LogP contribution in [0.5, 0.6) is 11.5 Å². The van der Waals surface area contributed by atoms with Crippen molar-refractivity contribution in [1.29, 1.82) is 0 Å². The molecule has 264 valence electrons. The number of carbonyl (C=O) groups is 2. The van der Waals surface area contributed by atoms with Crippen LogP contribution in [-0.2, 0) is 36.3 Å². The molecule has 10 nitrogen and oxygen atoms in total. The molecule has 1 aromatic heterocycles. The van der Waals surface area contributed by atoms with Crippen LogP contribution in [0.25, 0.3) is 32.8 Å². The largest absolute Gasteiger partial charge is 0.534 e. The third-order valence-corrected chi connectivity index (χ3v) is 11.1. The van der Waals surface area contributed by atoms with E-state index in [1.807, 2.05) is 30.3 Å². The molecule has 0 saturated carbocycles. The second-order valence-corrected chi connectivity index (χ2v) is 15.1. The van der Waals surface area contributed by atoms with Gasteiger partial charge in [-0.25, -0.2) is 12.4 Å². The first kappa shape index (κ1) is 34.5. The van der Waals surface area contributed by atoms with Crippen molar-refractivity contribution in [2.75, 3.05) is 7.05 Å². The van der Waals surface area contributed by atoms with Crippen molar-refractivity contribution in [2.45, 2.75) is 17.0 Å². The SMILES string of the molecule is CN1C(=O)C(c2cc3ccccc3cc2OS(=O)(=O)C(F)(F)F)=C(c2cn(S(=O)(=O)c3ccccc3)c3ccc(OCc4ccccc4)cc23)C1=O. The maximum Gasteiger partial charge on any atom is 0.534 e. The Morgan fingerprint density at radius 2 is 1.27 bits per heavy atom. The van der Waals surface area contributed by atoms with Gasteiger partial charge in [-0.1, -0.05) is 72.8 Å². The summed E-state index contributed by atoms with van der Waals surface area (Å²) in [6.45, 7) is 0.129. The number of hydrogen-bond donors (Lipinski definition) is 0. The molecule has 15 heteroatoms. The van der Waals surface area contributed by atoms with Crippen LogP contribution in [0.2, 0.25) is 0 Å². The Hall–Kier alpha value is -5.93. The normalized spacial score (nSPS) is 14.1. The fourth-order valence-corrected chi connectivity index (χ4v) is 7.76. The highest BCUT2D eigenvalue weighted by molar-refractivity contribution is 7.90. The molecule has 52 heavy (non-hydrogen) atoms. The molecular formula is C37H25F3N2O8S2. The van der Waals surface area contributed by atoms with Crippen molar-refractivity contribution in [2.24, 2.45) is 0 Å². The Balaban J connectivity index is 1.51. The van der Waals surface area contributed by atoms with Gasteiger partial charge in [-0.05, 0) is 58.8 Å². The average molecular weight is 747 g/mol. The minimum absolute atomic E-state index is 0.0854. The quantitative estimate of drug-likeness (QED) is 0.0904. The van der Waals surface area contributed by atoms with E-state index in [9.17, 15) is 39.6 Å². The number of alkyl halides is 3. The van der Waals surface area contributed by atoms with Crippen molar-refractivity contribution in [1.82, 2.24) is 8.87 Å². The van der Waals surface area contributed by atoms with E-state index in [0.717, 1.165) is 28.8 Å². The number of aromatic nitrogens is 1. The van der Waals surface area contributed by atoms with Crippen molar-refractivity contribution >= 4 is 64.8 Å². The molecule has 6 aromatic rings. The first-order valence-corrected chi connectivity index (χ1v) is 18.3. The minimum Gasteiger partial charge on any atom is -0.489 e. The van der Waals surface area contributed by atoms with Crippen LogP contribution in [0.4, 0.5) is 13.2 Å². The maximum atomic E-state index is 14.0. The Labute approximate surface area is 295 Å².